The molecule has 32 heavy (non-hydrogen) atoms. The van der Waals surface area contributed by atoms with Gasteiger partial charge in [-0.3, -0.25) is 0 Å². The van der Waals surface area contributed by atoms with E-state index < -0.39 is 32.5 Å². The number of thiazole rings is 1. The summed E-state index contributed by atoms with van der Waals surface area (Å²) in [5.74, 6) is -2.72. The number of carbonyl (C=O) groups is 1. The molecule has 0 amide bonds. The van der Waals surface area contributed by atoms with E-state index in [2.05, 4.69) is 4.98 Å². The number of halogens is 3. The standard InChI is InChI=1S/C20H18ClF2N3O4S2/c1-2-30-19(27)12-10-13(21)17-16(11-12)31-20(24-17)25-6-8-26(9-7-25)32(28,29)18-14(22)4-3-5-15(18)23/h3-5,10-11H,2,6-9H2,1H3. The molecule has 1 aromatic heterocycles. The Hall–Kier alpha value is -2.34. The van der Waals surface area contributed by atoms with Crippen LogP contribution in [-0.4, -0.2) is 56.5 Å². The molecule has 2 aromatic carbocycles. The van der Waals surface area contributed by atoms with Gasteiger partial charge in [0.1, 0.15) is 17.2 Å². The maximum atomic E-state index is 14.0. The lowest BCUT2D eigenvalue weighted by molar-refractivity contribution is 0.0526. The summed E-state index contributed by atoms with van der Waals surface area (Å²) in [4.78, 5) is 17.5. The molecule has 4 rings (SSSR count). The van der Waals surface area contributed by atoms with Crippen molar-refractivity contribution in [2.24, 2.45) is 0 Å². The molecule has 3 aromatic rings. The van der Waals surface area contributed by atoms with Crippen LogP contribution in [0.3, 0.4) is 0 Å². The number of sulfonamides is 1. The Labute approximate surface area is 192 Å². The topological polar surface area (TPSA) is 79.8 Å². The molecule has 1 fully saturated rings. The molecule has 0 saturated carbocycles. The molecule has 2 heterocycles. The van der Waals surface area contributed by atoms with Gasteiger partial charge >= 0.3 is 5.97 Å². The van der Waals surface area contributed by atoms with Crippen LogP contribution in [0.15, 0.2) is 35.2 Å². The summed E-state index contributed by atoms with van der Waals surface area (Å²) in [5.41, 5.74) is 0.852. The summed E-state index contributed by atoms with van der Waals surface area (Å²) in [6.45, 7) is 2.58. The first-order chi connectivity index (χ1) is 15.2. The number of fused-ring (bicyclic) bond motifs is 1. The second kappa shape index (κ2) is 8.89. The van der Waals surface area contributed by atoms with E-state index in [0.29, 0.717) is 25.9 Å². The molecule has 0 atom stereocenters. The van der Waals surface area contributed by atoms with E-state index in [1.54, 1.807) is 13.0 Å². The molecule has 0 N–H and O–H groups in total. The predicted octanol–water partition coefficient (Wildman–Crippen LogP) is 3.92. The lowest BCUT2D eigenvalue weighted by Crippen LogP contribution is -2.49. The van der Waals surface area contributed by atoms with Gasteiger partial charge in [-0.2, -0.15) is 4.31 Å². The normalized spacial score (nSPS) is 15.3. The Morgan fingerprint density at radius 1 is 1.19 bits per heavy atom. The SMILES string of the molecule is CCOC(=O)c1cc(Cl)c2nc(N3CCN(S(=O)(=O)c4c(F)cccc4F)CC3)sc2c1. The Morgan fingerprint density at radius 2 is 1.84 bits per heavy atom. The van der Waals surface area contributed by atoms with Gasteiger partial charge in [-0.15, -0.1) is 0 Å². The maximum absolute atomic E-state index is 14.0. The van der Waals surface area contributed by atoms with Gasteiger partial charge in [0.15, 0.2) is 10.0 Å². The van der Waals surface area contributed by atoms with Crippen LogP contribution in [0.2, 0.25) is 5.02 Å². The van der Waals surface area contributed by atoms with Crippen molar-refractivity contribution in [3.8, 4) is 0 Å². The first kappa shape index (κ1) is 22.8. The van der Waals surface area contributed by atoms with Gasteiger partial charge < -0.3 is 9.64 Å². The van der Waals surface area contributed by atoms with Crippen LogP contribution in [0, 0.1) is 11.6 Å². The van der Waals surface area contributed by atoms with E-state index in [9.17, 15) is 22.0 Å². The van der Waals surface area contributed by atoms with Crippen LogP contribution in [0.25, 0.3) is 10.2 Å². The number of esters is 1. The molecule has 0 radical (unpaired) electrons. The van der Waals surface area contributed by atoms with Crippen LogP contribution in [0.5, 0.6) is 0 Å². The molecule has 12 heteroatoms. The lowest BCUT2D eigenvalue weighted by Gasteiger charge is -2.33. The number of hydrogen-bond donors (Lipinski definition) is 0. The molecular formula is C20H18ClF2N3O4S2. The summed E-state index contributed by atoms with van der Waals surface area (Å²) in [5, 5.41) is 0.918. The fourth-order valence-corrected chi connectivity index (χ4v) is 6.35. The second-order valence-electron chi connectivity index (χ2n) is 6.96. The van der Waals surface area contributed by atoms with Crippen molar-refractivity contribution in [3.63, 3.8) is 0 Å². The molecule has 1 saturated heterocycles. The number of nitrogens with zero attached hydrogens (tertiary/aromatic N) is 3. The summed E-state index contributed by atoms with van der Waals surface area (Å²) in [7, 11) is -4.31. The van der Waals surface area contributed by atoms with Crippen molar-refractivity contribution < 1.29 is 26.7 Å². The smallest absolute Gasteiger partial charge is 0.338 e. The highest BCUT2D eigenvalue weighted by Crippen LogP contribution is 2.35. The third kappa shape index (κ3) is 4.17. The van der Waals surface area contributed by atoms with Gasteiger partial charge in [0.2, 0.25) is 10.0 Å². The zero-order valence-electron chi connectivity index (χ0n) is 16.8. The summed E-state index contributed by atoms with van der Waals surface area (Å²) >= 11 is 7.61. The Kier molecular flexibility index (Phi) is 6.35. The second-order valence-corrected chi connectivity index (χ2v) is 10.3. The largest absolute Gasteiger partial charge is 0.462 e. The molecule has 0 bridgehead atoms. The van der Waals surface area contributed by atoms with E-state index in [1.165, 1.54) is 17.4 Å². The summed E-state index contributed by atoms with van der Waals surface area (Å²) in [6.07, 6.45) is 0. The molecule has 0 aliphatic carbocycles. The van der Waals surface area contributed by atoms with Gasteiger partial charge in [-0.25, -0.2) is 27.0 Å². The van der Waals surface area contributed by atoms with Crippen LogP contribution < -0.4 is 4.90 Å². The third-order valence-electron chi connectivity index (χ3n) is 4.97. The number of ether oxygens (including phenoxy) is 1. The molecule has 1 aliphatic heterocycles. The summed E-state index contributed by atoms with van der Waals surface area (Å²) < 4.78 is 60.3. The number of anilines is 1. The predicted molar refractivity (Wildman–Crippen MR) is 118 cm³/mol. The molecule has 1 aliphatic rings. The average Bonchev–Trinajstić information content (AvgIpc) is 3.19. The molecule has 7 nitrogen and oxygen atoms in total. The lowest BCUT2D eigenvalue weighted by atomic mass is 10.2. The average molecular weight is 502 g/mol. The van der Waals surface area contributed by atoms with Crippen molar-refractivity contribution in [1.82, 2.24) is 9.29 Å². The van der Waals surface area contributed by atoms with Crippen LogP contribution >= 0.6 is 22.9 Å². The molecular weight excluding hydrogens is 484 g/mol. The monoisotopic (exact) mass is 501 g/mol. The molecule has 0 spiro atoms. The zero-order valence-corrected chi connectivity index (χ0v) is 19.2. The highest BCUT2D eigenvalue weighted by Gasteiger charge is 2.33. The van der Waals surface area contributed by atoms with Crippen molar-refractivity contribution in [2.75, 3.05) is 37.7 Å². The van der Waals surface area contributed by atoms with E-state index in [4.69, 9.17) is 16.3 Å². The minimum absolute atomic E-state index is 0.0356. The number of hydrogen-bond acceptors (Lipinski definition) is 7. The number of carbonyl (C=O) groups excluding carboxylic acids is 1. The van der Waals surface area contributed by atoms with Crippen LogP contribution in [-0.2, 0) is 14.8 Å². The first-order valence-corrected chi connectivity index (χ1v) is 12.3. The Morgan fingerprint density at radius 3 is 2.47 bits per heavy atom. The minimum Gasteiger partial charge on any atom is -0.462 e. The van der Waals surface area contributed by atoms with Gasteiger partial charge in [0.05, 0.1) is 21.9 Å². The number of benzene rings is 2. The van der Waals surface area contributed by atoms with E-state index >= 15 is 0 Å². The Balaban J connectivity index is 1.54. The number of aromatic nitrogens is 1. The highest BCUT2D eigenvalue weighted by molar-refractivity contribution is 7.89. The number of rotatable bonds is 5. The van der Waals surface area contributed by atoms with Crippen LogP contribution in [0.4, 0.5) is 13.9 Å². The van der Waals surface area contributed by atoms with Crippen LogP contribution in [0.1, 0.15) is 17.3 Å². The van der Waals surface area contributed by atoms with Crippen molar-refractivity contribution in [3.05, 3.63) is 52.6 Å². The van der Waals surface area contributed by atoms with E-state index in [0.717, 1.165) is 22.5 Å². The summed E-state index contributed by atoms with van der Waals surface area (Å²) in [6, 6.07) is 6.11. The first-order valence-electron chi connectivity index (χ1n) is 9.68. The van der Waals surface area contributed by atoms with Crippen molar-refractivity contribution in [2.45, 2.75) is 11.8 Å². The fourth-order valence-electron chi connectivity index (χ4n) is 3.42. The van der Waals surface area contributed by atoms with E-state index in [-0.39, 0.29) is 32.8 Å². The fraction of sp³-hybridized carbons (Fsp3) is 0.300. The number of piperazine rings is 1. The van der Waals surface area contributed by atoms with Gasteiger partial charge in [-0.1, -0.05) is 29.0 Å². The van der Waals surface area contributed by atoms with Gasteiger partial charge in [0.25, 0.3) is 0 Å². The van der Waals surface area contributed by atoms with Gasteiger partial charge in [0, 0.05) is 26.2 Å². The molecule has 170 valence electrons. The van der Waals surface area contributed by atoms with Gasteiger partial charge in [-0.05, 0) is 31.2 Å². The quantitative estimate of drug-likeness (QED) is 0.493. The Bertz CT molecular complexity index is 1270. The minimum atomic E-state index is -4.31. The van der Waals surface area contributed by atoms with Crippen molar-refractivity contribution in [1.29, 1.82) is 0 Å². The maximum Gasteiger partial charge on any atom is 0.338 e. The van der Waals surface area contributed by atoms with Crippen molar-refractivity contribution >= 4 is 54.3 Å². The third-order valence-corrected chi connectivity index (χ3v) is 8.28. The van der Waals surface area contributed by atoms with E-state index in [1.807, 2.05) is 4.90 Å². The zero-order chi connectivity index (χ0) is 23.0. The highest BCUT2D eigenvalue weighted by atomic mass is 35.5. The molecule has 0 unspecified atom stereocenters.